The summed E-state index contributed by atoms with van der Waals surface area (Å²) in [6.45, 7) is 6.03. The number of oxime groups is 1. The second-order valence-corrected chi connectivity index (χ2v) is 8.84. The van der Waals surface area contributed by atoms with Crippen LogP contribution in [-0.2, 0) is 14.4 Å². The minimum atomic E-state index is -4.01. The topological polar surface area (TPSA) is 65.0 Å². The molecule has 0 bridgehead atoms. The number of benzene rings is 3. The fourth-order valence-corrected chi connectivity index (χ4v) is 4.21. The molecule has 5 nitrogen and oxygen atoms in total. The molecule has 1 aliphatic rings. The minimum Gasteiger partial charge on any atom is -0.483 e. The normalized spacial score (nSPS) is 18.4. The predicted octanol–water partition coefficient (Wildman–Crippen LogP) is 5.24. The van der Waals surface area contributed by atoms with E-state index in [0.29, 0.717) is 17.4 Å². The Bertz CT molecular complexity index is 1180. The Morgan fingerprint density at radius 2 is 1.79 bits per heavy atom. The minimum absolute atomic E-state index is 0.0826. The van der Waals surface area contributed by atoms with Crippen LogP contribution in [0.1, 0.15) is 44.2 Å². The zero-order valence-electron chi connectivity index (χ0n) is 16.6. The highest BCUT2D eigenvalue weighted by Gasteiger charge is 2.30. The van der Waals surface area contributed by atoms with Crippen molar-refractivity contribution >= 4 is 26.6 Å². The predicted molar refractivity (Wildman–Crippen MR) is 114 cm³/mol. The van der Waals surface area contributed by atoms with E-state index in [1.54, 1.807) is 12.1 Å². The highest BCUT2D eigenvalue weighted by atomic mass is 32.2. The molecule has 0 saturated carbocycles. The van der Waals surface area contributed by atoms with Gasteiger partial charge < -0.3 is 4.74 Å². The monoisotopic (exact) mass is 409 g/mol. The van der Waals surface area contributed by atoms with Crippen LogP contribution in [0.4, 0.5) is 0 Å². The molecular weight excluding hydrogens is 386 g/mol. The number of rotatable bonds is 5. The smallest absolute Gasteiger partial charge is 0.358 e. The number of nitrogens with zero attached hydrogens (tertiary/aromatic N) is 1. The van der Waals surface area contributed by atoms with E-state index in [-0.39, 0.29) is 4.90 Å². The van der Waals surface area contributed by atoms with Gasteiger partial charge in [0, 0.05) is 10.9 Å². The lowest BCUT2D eigenvalue weighted by Crippen LogP contribution is -2.17. The van der Waals surface area contributed by atoms with E-state index < -0.39 is 16.2 Å². The van der Waals surface area contributed by atoms with Crippen LogP contribution >= 0.6 is 0 Å². The van der Waals surface area contributed by atoms with Crippen LogP contribution in [0.3, 0.4) is 0 Å². The summed E-state index contributed by atoms with van der Waals surface area (Å²) in [5.41, 5.74) is 2.31. The Labute approximate surface area is 171 Å². The van der Waals surface area contributed by atoms with E-state index in [1.807, 2.05) is 55.5 Å². The summed E-state index contributed by atoms with van der Waals surface area (Å²) in [5, 5.41) is 5.99. The first kappa shape index (κ1) is 19.5. The molecule has 29 heavy (non-hydrogen) atoms. The molecule has 1 aliphatic heterocycles. The highest BCUT2D eigenvalue weighted by Crippen LogP contribution is 2.36. The summed E-state index contributed by atoms with van der Waals surface area (Å²) in [7, 11) is -4.01. The van der Waals surface area contributed by atoms with Crippen LogP contribution in [0.5, 0.6) is 5.75 Å². The fraction of sp³-hybridized carbons (Fsp3) is 0.261. The third-order valence-corrected chi connectivity index (χ3v) is 6.54. The standard InChI is InChI=1S/C23H23NO4S/c1-4-15(2)17-9-12-19(13-10-17)29(25,26)28-24-22-16(3)27-23-20-8-6-5-7-18(20)11-14-21(22)23/h5-16H,4H2,1-3H3. The molecule has 0 aromatic heterocycles. The zero-order chi connectivity index (χ0) is 20.6. The lowest BCUT2D eigenvalue weighted by atomic mass is 9.99. The van der Waals surface area contributed by atoms with E-state index in [2.05, 4.69) is 19.0 Å². The van der Waals surface area contributed by atoms with Gasteiger partial charge in [-0.2, -0.15) is 8.42 Å². The molecular formula is C23H23NO4S. The summed E-state index contributed by atoms with van der Waals surface area (Å²) < 4.78 is 36.2. The third-order valence-electron chi connectivity index (χ3n) is 5.42. The van der Waals surface area contributed by atoms with Gasteiger partial charge >= 0.3 is 10.1 Å². The molecule has 150 valence electrons. The zero-order valence-corrected chi connectivity index (χ0v) is 17.4. The van der Waals surface area contributed by atoms with Crippen LogP contribution in [0.2, 0.25) is 0 Å². The quantitative estimate of drug-likeness (QED) is 0.540. The average molecular weight is 410 g/mol. The van der Waals surface area contributed by atoms with Gasteiger partial charge in [-0.3, -0.25) is 4.28 Å². The molecule has 1 heterocycles. The number of hydrogen-bond acceptors (Lipinski definition) is 5. The first-order chi connectivity index (χ1) is 13.9. The molecule has 0 aliphatic carbocycles. The maximum Gasteiger partial charge on any atom is 0.358 e. The lowest BCUT2D eigenvalue weighted by molar-refractivity contribution is 0.294. The molecule has 2 atom stereocenters. The van der Waals surface area contributed by atoms with Gasteiger partial charge in [-0.15, -0.1) is 0 Å². The Morgan fingerprint density at radius 3 is 2.52 bits per heavy atom. The van der Waals surface area contributed by atoms with Gasteiger partial charge in [-0.05, 0) is 48.4 Å². The first-order valence-electron chi connectivity index (χ1n) is 9.71. The molecule has 0 saturated heterocycles. The van der Waals surface area contributed by atoms with E-state index in [4.69, 9.17) is 9.02 Å². The Balaban J connectivity index is 1.63. The Morgan fingerprint density at radius 1 is 1.07 bits per heavy atom. The van der Waals surface area contributed by atoms with Gasteiger partial charge in [0.15, 0.2) is 0 Å². The van der Waals surface area contributed by atoms with Crippen LogP contribution < -0.4 is 4.74 Å². The summed E-state index contributed by atoms with van der Waals surface area (Å²) in [6.07, 6.45) is 0.584. The van der Waals surface area contributed by atoms with Gasteiger partial charge in [0.25, 0.3) is 0 Å². The Kier molecular flexibility index (Phi) is 5.04. The van der Waals surface area contributed by atoms with Crippen molar-refractivity contribution in [2.75, 3.05) is 0 Å². The van der Waals surface area contributed by atoms with Crippen molar-refractivity contribution in [1.29, 1.82) is 0 Å². The summed E-state index contributed by atoms with van der Waals surface area (Å²) >= 11 is 0. The van der Waals surface area contributed by atoms with Crippen molar-refractivity contribution < 1.29 is 17.4 Å². The Hall–Kier alpha value is -2.86. The van der Waals surface area contributed by atoms with Gasteiger partial charge in [0.1, 0.15) is 22.5 Å². The van der Waals surface area contributed by atoms with Crippen LogP contribution in [-0.4, -0.2) is 20.2 Å². The molecule has 3 aromatic carbocycles. The van der Waals surface area contributed by atoms with Crippen molar-refractivity contribution in [1.82, 2.24) is 0 Å². The molecule has 0 fully saturated rings. The molecule has 6 heteroatoms. The second-order valence-electron chi connectivity index (χ2n) is 7.31. The number of ether oxygens (including phenoxy) is 1. The van der Waals surface area contributed by atoms with E-state index in [1.165, 1.54) is 0 Å². The molecule has 0 N–H and O–H groups in total. The average Bonchev–Trinajstić information content (AvgIpc) is 3.07. The number of fused-ring (bicyclic) bond motifs is 3. The van der Waals surface area contributed by atoms with Crippen molar-refractivity contribution in [2.24, 2.45) is 5.16 Å². The van der Waals surface area contributed by atoms with Crippen molar-refractivity contribution in [3.8, 4) is 5.75 Å². The summed E-state index contributed by atoms with van der Waals surface area (Å²) in [6, 6.07) is 18.5. The highest BCUT2D eigenvalue weighted by molar-refractivity contribution is 7.86. The molecule has 4 rings (SSSR count). The maximum atomic E-state index is 12.6. The molecule has 0 radical (unpaired) electrons. The van der Waals surface area contributed by atoms with Crippen LogP contribution in [0.25, 0.3) is 10.8 Å². The maximum absolute atomic E-state index is 12.6. The van der Waals surface area contributed by atoms with Crippen molar-refractivity contribution in [3.63, 3.8) is 0 Å². The largest absolute Gasteiger partial charge is 0.483 e. The lowest BCUT2D eigenvalue weighted by Gasteiger charge is -2.09. The molecule has 0 spiro atoms. The van der Waals surface area contributed by atoms with Gasteiger partial charge in [0.05, 0.1) is 0 Å². The molecule has 3 aromatic rings. The van der Waals surface area contributed by atoms with Gasteiger partial charge in [-0.1, -0.05) is 61.5 Å². The van der Waals surface area contributed by atoms with E-state index in [9.17, 15) is 8.42 Å². The summed E-state index contributed by atoms with van der Waals surface area (Å²) in [4.78, 5) is 0.0826. The van der Waals surface area contributed by atoms with Crippen LogP contribution in [0, 0.1) is 0 Å². The second kappa shape index (κ2) is 7.52. The molecule has 0 amide bonds. The van der Waals surface area contributed by atoms with Crippen molar-refractivity contribution in [3.05, 3.63) is 71.8 Å². The van der Waals surface area contributed by atoms with Gasteiger partial charge in [-0.25, -0.2) is 0 Å². The fourth-order valence-electron chi connectivity index (χ4n) is 3.48. The first-order valence-corrected chi connectivity index (χ1v) is 11.1. The van der Waals surface area contributed by atoms with E-state index >= 15 is 0 Å². The SMILES string of the molecule is CCC(C)c1ccc(S(=O)(=O)ON=C2c3ccc4ccccc4c3OC2C)cc1. The number of hydrogen-bond donors (Lipinski definition) is 0. The third kappa shape index (κ3) is 3.60. The van der Waals surface area contributed by atoms with Crippen LogP contribution in [0.15, 0.2) is 70.7 Å². The molecule has 2 unspecified atom stereocenters. The summed E-state index contributed by atoms with van der Waals surface area (Å²) in [5.74, 6) is 1.07. The van der Waals surface area contributed by atoms with E-state index in [0.717, 1.165) is 28.3 Å². The van der Waals surface area contributed by atoms with Gasteiger partial charge in [0.2, 0.25) is 0 Å². The van der Waals surface area contributed by atoms with Crippen molar-refractivity contribution in [2.45, 2.75) is 44.1 Å².